The van der Waals surface area contributed by atoms with Crippen molar-refractivity contribution in [3.63, 3.8) is 0 Å². The number of alkyl halides is 3. The number of carboxylic acid groups (broad SMARTS) is 1. The lowest BCUT2D eigenvalue weighted by atomic mass is 9.91. The molecule has 0 fully saturated rings. The topological polar surface area (TPSA) is 66.8 Å². The van der Waals surface area contributed by atoms with E-state index in [1.165, 1.54) is 24.3 Å². The first-order valence-corrected chi connectivity index (χ1v) is 8.63. The van der Waals surface area contributed by atoms with Crippen LogP contribution in [0.4, 0.5) is 13.2 Å². The van der Waals surface area contributed by atoms with Crippen LogP contribution in [0.15, 0.2) is 42.5 Å². The van der Waals surface area contributed by atoms with Gasteiger partial charge in [-0.2, -0.15) is 13.2 Å². The second-order valence-electron chi connectivity index (χ2n) is 6.51. The van der Waals surface area contributed by atoms with Crippen LogP contribution in [0.2, 0.25) is 0 Å². The number of aliphatic carboxylic acids is 1. The average Bonchev–Trinajstić information content (AvgIpc) is 2.88. The van der Waals surface area contributed by atoms with Gasteiger partial charge in [0.2, 0.25) is 5.60 Å². The number of hydrogen-bond donors (Lipinski definition) is 2. The molecule has 0 aromatic heterocycles. The number of unbranched alkanes of at least 4 members (excludes halogenated alkanes) is 2. The van der Waals surface area contributed by atoms with Gasteiger partial charge in [0.25, 0.3) is 0 Å². The molecule has 1 aliphatic rings. The first kappa shape index (κ1) is 19.2. The SMILES string of the molecule is O=C(O)CCCCCOc1ccc2c(c1)C(O)(C(F)(F)F)c1ccccc1-2. The molecule has 0 bridgehead atoms. The number of aliphatic hydroxyl groups is 1. The van der Waals surface area contributed by atoms with Gasteiger partial charge >= 0.3 is 12.1 Å². The van der Waals surface area contributed by atoms with Crippen LogP contribution in [0.1, 0.15) is 36.8 Å². The highest BCUT2D eigenvalue weighted by Crippen LogP contribution is 2.55. The number of halogens is 3. The van der Waals surface area contributed by atoms with Gasteiger partial charge in [-0.25, -0.2) is 0 Å². The van der Waals surface area contributed by atoms with E-state index < -0.39 is 17.7 Å². The molecule has 0 radical (unpaired) electrons. The van der Waals surface area contributed by atoms with Gasteiger partial charge in [-0.3, -0.25) is 4.79 Å². The van der Waals surface area contributed by atoms with Gasteiger partial charge < -0.3 is 14.9 Å². The standard InChI is InChI=1S/C20H19F3O4/c21-20(22,23)19(26)16-7-4-3-6-14(16)15-10-9-13(12-17(15)19)27-11-5-1-2-8-18(24)25/h3-4,6-7,9-10,12,26H,1-2,5,8,11H2,(H,24,25). The summed E-state index contributed by atoms with van der Waals surface area (Å²) in [5.74, 6) is -0.622. The molecule has 2 N–H and O–H groups in total. The van der Waals surface area contributed by atoms with Crippen molar-refractivity contribution in [1.29, 1.82) is 0 Å². The molecular formula is C20H19F3O4. The van der Waals surface area contributed by atoms with Crippen LogP contribution < -0.4 is 4.74 Å². The molecule has 0 saturated heterocycles. The van der Waals surface area contributed by atoms with E-state index in [2.05, 4.69) is 0 Å². The maximum Gasteiger partial charge on any atom is 0.425 e. The molecule has 1 atom stereocenters. The molecule has 1 unspecified atom stereocenters. The van der Waals surface area contributed by atoms with Crippen LogP contribution >= 0.6 is 0 Å². The van der Waals surface area contributed by atoms with E-state index in [9.17, 15) is 23.1 Å². The Hall–Kier alpha value is -2.54. The van der Waals surface area contributed by atoms with Gasteiger partial charge in [-0.15, -0.1) is 0 Å². The van der Waals surface area contributed by atoms with Gasteiger partial charge in [-0.05, 0) is 42.5 Å². The van der Waals surface area contributed by atoms with Crippen molar-refractivity contribution in [2.45, 2.75) is 37.5 Å². The molecule has 0 saturated carbocycles. The highest BCUT2D eigenvalue weighted by molar-refractivity contribution is 5.81. The number of carbonyl (C=O) groups is 1. The zero-order valence-corrected chi connectivity index (χ0v) is 14.4. The lowest BCUT2D eigenvalue weighted by molar-refractivity contribution is -0.246. The summed E-state index contributed by atoms with van der Waals surface area (Å²) < 4.78 is 46.8. The molecule has 0 heterocycles. The fourth-order valence-electron chi connectivity index (χ4n) is 3.38. The first-order chi connectivity index (χ1) is 12.7. The molecular weight excluding hydrogens is 361 g/mol. The van der Waals surface area contributed by atoms with E-state index in [0.29, 0.717) is 30.4 Å². The third kappa shape index (κ3) is 3.51. The summed E-state index contributed by atoms with van der Waals surface area (Å²) in [6, 6.07) is 10.3. The molecule has 1 aliphatic carbocycles. The normalized spacial score (nSPS) is 18.1. The largest absolute Gasteiger partial charge is 0.494 e. The van der Waals surface area contributed by atoms with Gasteiger partial charge in [0, 0.05) is 17.5 Å². The Morgan fingerprint density at radius 1 is 1.00 bits per heavy atom. The van der Waals surface area contributed by atoms with Gasteiger partial charge in [0.15, 0.2) is 0 Å². The van der Waals surface area contributed by atoms with Crippen molar-refractivity contribution in [1.82, 2.24) is 0 Å². The number of hydrogen-bond acceptors (Lipinski definition) is 3. The second kappa shape index (κ2) is 7.23. The molecule has 0 aliphatic heterocycles. The number of benzene rings is 2. The van der Waals surface area contributed by atoms with E-state index in [1.807, 2.05) is 0 Å². The Labute approximate surface area is 154 Å². The summed E-state index contributed by atoms with van der Waals surface area (Å²) >= 11 is 0. The maximum absolute atomic E-state index is 13.8. The predicted molar refractivity (Wildman–Crippen MR) is 92.5 cm³/mol. The van der Waals surface area contributed by atoms with Crippen LogP contribution in [-0.2, 0) is 10.4 Å². The zero-order chi connectivity index (χ0) is 19.7. The van der Waals surface area contributed by atoms with Crippen molar-refractivity contribution in [2.75, 3.05) is 6.61 Å². The summed E-state index contributed by atoms with van der Waals surface area (Å²) in [6.45, 7) is 0.260. The Balaban J connectivity index is 1.79. The van der Waals surface area contributed by atoms with E-state index in [0.717, 1.165) is 0 Å². The smallest absolute Gasteiger partial charge is 0.425 e. The van der Waals surface area contributed by atoms with E-state index in [1.54, 1.807) is 18.2 Å². The molecule has 4 nitrogen and oxygen atoms in total. The van der Waals surface area contributed by atoms with Crippen LogP contribution in [-0.4, -0.2) is 29.0 Å². The summed E-state index contributed by atoms with van der Waals surface area (Å²) in [5.41, 5.74) is -2.80. The maximum atomic E-state index is 13.8. The Morgan fingerprint density at radius 3 is 2.41 bits per heavy atom. The molecule has 27 heavy (non-hydrogen) atoms. The number of fused-ring (bicyclic) bond motifs is 3. The third-order valence-electron chi connectivity index (χ3n) is 4.70. The molecule has 0 spiro atoms. The van der Waals surface area contributed by atoms with Crippen molar-refractivity contribution in [3.8, 4) is 16.9 Å². The first-order valence-electron chi connectivity index (χ1n) is 8.63. The highest BCUT2D eigenvalue weighted by Gasteiger charge is 2.60. The molecule has 3 rings (SSSR count). The molecule has 0 amide bonds. The Bertz CT molecular complexity index is 847. The molecule has 144 valence electrons. The quantitative estimate of drug-likeness (QED) is 0.695. The number of carboxylic acids is 1. The zero-order valence-electron chi connectivity index (χ0n) is 14.4. The fraction of sp³-hybridized carbons (Fsp3) is 0.350. The second-order valence-corrected chi connectivity index (χ2v) is 6.51. The minimum Gasteiger partial charge on any atom is -0.494 e. The highest BCUT2D eigenvalue weighted by atomic mass is 19.4. The van der Waals surface area contributed by atoms with E-state index >= 15 is 0 Å². The molecule has 7 heteroatoms. The van der Waals surface area contributed by atoms with Crippen molar-refractivity contribution in [2.24, 2.45) is 0 Å². The van der Waals surface area contributed by atoms with Gasteiger partial charge in [-0.1, -0.05) is 30.3 Å². The van der Waals surface area contributed by atoms with E-state index in [-0.39, 0.29) is 29.9 Å². The Morgan fingerprint density at radius 2 is 1.70 bits per heavy atom. The predicted octanol–water partition coefficient (Wildman–Crippen LogP) is 4.49. The lowest BCUT2D eigenvalue weighted by Crippen LogP contribution is -2.41. The van der Waals surface area contributed by atoms with Crippen molar-refractivity contribution >= 4 is 5.97 Å². The monoisotopic (exact) mass is 380 g/mol. The van der Waals surface area contributed by atoms with Gasteiger partial charge in [0.1, 0.15) is 5.75 Å². The lowest BCUT2D eigenvalue weighted by Gasteiger charge is -2.28. The summed E-state index contributed by atoms with van der Waals surface area (Å²) in [7, 11) is 0. The number of ether oxygens (including phenoxy) is 1. The molecule has 2 aromatic rings. The minimum atomic E-state index is -4.87. The third-order valence-corrected chi connectivity index (χ3v) is 4.70. The summed E-state index contributed by atoms with van der Waals surface area (Å²) in [5, 5.41) is 19.2. The van der Waals surface area contributed by atoms with Crippen LogP contribution in [0.5, 0.6) is 5.75 Å². The fourth-order valence-corrected chi connectivity index (χ4v) is 3.38. The van der Waals surface area contributed by atoms with Crippen molar-refractivity contribution < 1.29 is 32.9 Å². The van der Waals surface area contributed by atoms with Crippen LogP contribution in [0, 0.1) is 0 Å². The van der Waals surface area contributed by atoms with Gasteiger partial charge in [0.05, 0.1) is 6.61 Å². The van der Waals surface area contributed by atoms with E-state index in [4.69, 9.17) is 9.84 Å². The minimum absolute atomic E-state index is 0.0791. The number of rotatable bonds is 7. The molecule has 2 aromatic carbocycles. The Kier molecular flexibility index (Phi) is 5.15. The summed E-state index contributed by atoms with van der Waals surface area (Å²) in [4.78, 5) is 10.5. The van der Waals surface area contributed by atoms with Crippen molar-refractivity contribution in [3.05, 3.63) is 53.6 Å². The summed E-state index contributed by atoms with van der Waals surface area (Å²) in [6.07, 6.45) is -3.03. The average molecular weight is 380 g/mol. The van der Waals surface area contributed by atoms with Crippen LogP contribution in [0.25, 0.3) is 11.1 Å². The van der Waals surface area contributed by atoms with Crippen LogP contribution in [0.3, 0.4) is 0 Å².